The molecular weight excluding hydrogens is 242 g/mol. The molecule has 2 nitrogen and oxygen atoms in total. The van der Waals surface area contributed by atoms with E-state index in [4.69, 9.17) is 17.3 Å². The third-order valence-electron chi connectivity index (χ3n) is 2.43. The Kier molecular flexibility index (Phi) is 2.99. The van der Waals surface area contributed by atoms with Gasteiger partial charge in [-0.2, -0.15) is 0 Å². The topological polar surface area (TPSA) is 43.1 Å². The molecule has 1 heterocycles. The molecule has 0 unspecified atom stereocenters. The lowest BCUT2D eigenvalue weighted by molar-refractivity contribution is 0.100. The summed E-state index contributed by atoms with van der Waals surface area (Å²) in [5.41, 5.74) is 7.61. The molecule has 0 saturated carbocycles. The summed E-state index contributed by atoms with van der Waals surface area (Å²) < 4.78 is 0. The monoisotopic (exact) mass is 251 g/mol. The average molecular weight is 252 g/mol. The van der Waals surface area contributed by atoms with E-state index in [1.54, 1.807) is 23.5 Å². The van der Waals surface area contributed by atoms with Crippen molar-refractivity contribution in [2.45, 2.75) is 6.92 Å². The molecule has 0 atom stereocenters. The van der Waals surface area contributed by atoms with Crippen molar-refractivity contribution in [3.05, 3.63) is 45.8 Å². The summed E-state index contributed by atoms with van der Waals surface area (Å²) in [6, 6.07) is 7.27. The lowest BCUT2D eigenvalue weighted by Gasteiger charge is -2.10. The van der Waals surface area contributed by atoms with E-state index in [2.05, 4.69) is 0 Å². The van der Waals surface area contributed by atoms with Crippen LogP contribution in [0.1, 0.15) is 15.9 Å². The van der Waals surface area contributed by atoms with Crippen molar-refractivity contribution in [3.63, 3.8) is 0 Å². The van der Waals surface area contributed by atoms with Gasteiger partial charge in [-0.1, -0.05) is 17.7 Å². The molecule has 1 amide bonds. The molecule has 4 heteroatoms. The Balaban J connectivity index is 2.74. The van der Waals surface area contributed by atoms with Gasteiger partial charge in [0.2, 0.25) is 5.91 Å². The zero-order valence-electron chi connectivity index (χ0n) is 8.66. The maximum absolute atomic E-state index is 11.4. The number of rotatable bonds is 2. The van der Waals surface area contributed by atoms with Crippen LogP contribution in [0.15, 0.2) is 29.6 Å². The van der Waals surface area contributed by atoms with Crippen LogP contribution in [-0.2, 0) is 0 Å². The molecule has 1 aromatic heterocycles. The third-order valence-corrected chi connectivity index (χ3v) is 3.73. The van der Waals surface area contributed by atoms with E-state index in [1.165, 1.54) is 0 Å². The number of carbonyl (C=O) groups excluding carboxylic acids is 1. The van der Waals surface area contributed by atoms with Crippen LogP contribution < -0.4 is 5.73 Å². The van der Waals surface area contributed by atoms with Crippen LogP contribution in [0.4, 0.5) is 0 Å². The van der Waals surface area contributed by atoms with Gasteiger partial charge >= 0.3 is 0 Å². The minimum Gasteiger partial charge on any atom is -0.366 e. The van der Waals surface area contributed by atoms with Gasteiger partial charge in [0.15, 0.2) is 0 Å². The Morgan fingerprint density at radius 2 is 2.12 bits per heavy atom. The van der Waals surface area contributed by atoms with Crippen LogP contribution >= 0.6 is 22.9 Å². The second-order valence-electron chi connectivity index (χ2n) is 3.44. The van der Waals surface area contributed by atoms with Crippen LogP contribution in [-0.4, -0.2) is 5.91 Å². The lowest BCUT2D eigenvalue weighted by atomic mass is 10.00. The Morgan fingerprint density at radius 1 is 1.38 bits per heavy atom. The predicted octanol–water partition coefficient (Wildman–Crippen LogP) is 3.48. The fraction of sp³-hybridized carbons (Fsp3) is 0.0833. The van der Waals surface area contributed by atoms with Crippen LogP contribution in [0.2, 0.25) is 5.02 Å². The van der Waals surface area contributed by atoms with Crippen molar-refractivity contribution in [2.75, 3.05) is 0 Å². The van der Waals surface area contributed by atoms with Gasteiger partial charge in [-0.25, -0.2) is 0 Å². The van der Waals surface area contributed by atoms with Crippen molar-refractivity contribution in [1.82, 2.24) is 0 Å². The van der Waals surface area contributed by atoms with Gasteiger partial charge in [0.05, 0.1) is 0 Å². The van der Waals surface area contributed by atoms with Gasteiger partial charge in [-0.05, 0) is 36.1 Å². The number of hydrogen-bond acceptors (Lipinski definition) is 2. The first-order valence-corrected chi connectivity index (χ1v) is 6.00. The molecule has 0 aliphatic heterocycles. The van der Waals surface area contributed by atoms with Crippen molar-refractivity contribution in [3.8, 4) is 10.4 Å². The highest BCUT2D eigenvalue weighted by molar-refractivity contribution is 7.13. The zero-order chi connectivity index (χ0) is 11.7. The van der Waals surface area contributed by atoms with E-state index in [1.807, 2.05) is 24.4 Å². The molecule has 2 aromatic rings. The summed E-state index contributed by atoms with van der Waals surface area (Å²) >= 11 is 7.62. The summed E-state index contributed by atoms with van der Waals surface area (Å²) in [6.45, 7) is 1.89. The van der Waals surface area contributed by atoms with Gasteiger partial charge in [-0.3, -0.25) is 4.79 Å². The quantitative estimate of drug-likeness (QED) is 0.873. The zero-order valence-corrected chi connectivity index (χ0v) is 10.2. The third kappa shape index (κ3) is 1.84. The Hall–Kier alpha value is -1.32. The predicted molar refractivity (Wildman–Crippen MR) is 68.0 cm³/mol. The summed E-state index contributed by atoms with van der Waals surface area (Å²) in [4.78, 5) is 12.4. The molecule has 0 spiro atoms. The molecule has 0 aliphatic rings. The van der Waals surface area contributed by atoms with Gasteiger partial charge in [0, 0.05) is 21.0 Å². The molecule has 1 aromatic carbocycles. The number of primary amides is 1. The fourth-order valence-corrected chi connectivity index (χ4v) is 2.63. The second kappa shape index (κ2) is 4.28. The van der Waals surface area contributed by atoms with E-state index in [0.29, 0.717) is 10.6 Å². The van der Waals surface area contributed by atoms with Gasteiger partial charge < -0.3 is 5.73 Å². The molecule has 16 heavy (non-hydrogen) atoms. The maximum Gasteiger partial charge on any atom is 0.249 e. The van der Waals surface area contributed by atoms with Crippen LogP contribution in [0, 0.1) is 6.92 Å². The number of benzene rings is 1. The highest BCUT2D eigenvalue weighted by atomic mass is 35.5. The second-order valence-corrected chi connectivity index (χ2v) is 4.79. The van der Waals surface area contributed by atoms with E-state index < -0.39 is 5.91 Å². The number of thiophene rings is 1. The van der Waals surface area contributed by atoms with Gasteiger partial charge in [-0.15, -0.1) is 11.3 Å². The summed E-state index contributed by atoms with van der Waals surface area (Å²) in [5, 5.41) is 2.61. The first-order chi connectivity index (χ1) is 7.61. The SMILES string of the molecule is Cc1c(Cl)ccc(C(N)=O)c1-c1cccs1. The Morgan fingerprint density at radius 3 is 2.69 bits per heavy atom. The number of halogens is 1. The maximum atomic E-state index is 11.4. The largest absolute Gasteiger partial charge is 0.366 e. The van der Waals surface area contributed by atoms with E-state index in [0.717, 1.165) is 16.0 Å². The fourth-order valence-electron chi connectivity index (χ4n) is 1.63. The number of hydrogen-bond donors (Lipinski definition) is 1. The normalized spacial score (nSPS) is 10.4. The Labute approximate surface area is 103 Å². The minimum absolute atomic E-state index is 0.428. The van der Waals surface area contributed by atoms with E-state index in [-0.39, 0.29) is 0 Å². The summed E-state index contributed by atoms with van der Waals surface area (Å²) in [5.74, 6) is -0.428. The van der Waals surface area contributed by atoms with Crippen molar-refractivity contribution in [1.29, 1.82) is 0 Å². The number of carbonyl (C=O) groups is 1. The van der Waals surface area contributed by atoms with Crippen LogP contribution in [0.5, 0.6) is 0 Å². The molecule has 0 radical (unpaired) electrons. The van der Waals surface area contributed by atoms with Crippen molar-refractivity contribution in [2.24, 2.45) is 5.73 Å². The summed E-state index contributed by atoms with van der Waals surface area (Å²) in [7, 11) is 0. The molecular formula is C12H10ClNOS. The molecule has 2 N–H and O–H groups in total. The molecule has 2 rings (SSSR count). The van der Waals surface area contributed by atoms with E-state index in [9.17, 15) is 4.79 Å². The standard InChI is InChI=1S/C12H10ClNOS/c1-7-9(13)5-4-8(12(14)15)11(7)10-3-2-6-16-10/h2-6H,1H3,(H2,14,15). The van der Waals surface area contributed by atoms with Gasteiger partial charge in [0.25, 0.3) is 0 Å². The molecule has 0 aliphatic carbocycles. The first kappa shape index (κ1) is 11.2. The number of nitrogens with two attached hydrogens (primary N) is 1. The Bertz CT molecular complexity index is 534. The smallest absolute Gasteiger partial charge is 0.249 e. The van der Waals surface area contributed by atoms with Crippen molar-refractivity contribution >= 4 is 28.8 Å². The molecule has 0 fully saturated rings. The number of amides is 1. The van der Waals surface area contributed by atoms with Gasteiger partial charge in [0.1, 0.15) is 0 Å². The van der Waals surface area contributed by atoms with E-state index >= 15 is 0 Å². The summed E-state index contributed by atoms with van der Waals surface area (Å²) in [6.07, 6.45) is 0. The van der Waals surface area contributed by atoms with Crippen LogP contribution in [0.25, 0.3) is 10.4 Å². The molecule has 0 saturated heterocycles. The minimum atomic E-state index is -0.428. The first-order valence-electron chi connectivity index (χ1n) is 4.74. The molecule has 82 valence electrons. The van der Waals surface area contributed by atoms with Crippen LogP contribution in [0.3, 0.4) is 0 Å². The highest BCUT2D eigenvalue weighted by Gasteiger charge is 2.15. The highest BCUT2D eigenvalue weighted by Crippen LogP contribution is 2.34. The van der Waals surface area contributed by atoms with Crippen molar-refractivity contribution < 1.29 is 4.79 Å². The average Bonchev–Trinajstić information content (AvgIpc) is 2.74. The molecule has 0 bridgehead atoms. The lowest BCUT2D eigenvalue weighted by Crippen LogP contribution is -2.12.